The Hall–Kier alpha value is -3.33. The van der Waals surface area contributed by atoms with Crippen LogP contribution in [0.4, 0.5) is 0 Å². The smallest absolute Gasteiger partial charge is 0.462 e. The van der Waals surface area contributed by atoms with Crippen molar-refractivity contribution in [3.05, 3.63) is 109 Å². The van der Waals surface area contributed by atoms with Gasteiger partial charge in [0.25, 0.3) is 0 Å². The number of aliphatic hydroxyl groups excluding tert-OH is 1. The van der Waals surface area contributed by atoms with E-state index in [0.717, 1.165) is 77.0 Å². The molecule has 0 rings (SSSR count). The molecule has 0 bridgehead atoms. The van der Waals surface area contributed by atoms with Gasteiger partial charge in [-0.3, -0.25) is 14.1 Å². The highest BCUT2D eigenvalue weighted by Gasteiger charge is 2.22. The van der Waals surface area contributed by atoms with Crippen LogP contribution in [-0.4, -0.2) is 52.3 Å². The summed E-state index contributed by atoms with van der Waals surface area (Å²) in [6, 6.07) is 0. The van der Waals surface area contributed by atoms with E-state index in [1.807, 2.05) is 30.4 Å². The molecule has 0 heterocycles. The molecule has 298 valence electrons. The largest absolute Gasteiger partial charge is 0.469 e. The predicted molar refractivity (Wildman–Crippen MR) is 217 cm³/mol. The van der Waals surface area contributed by atoms with Gasteiger partial charge in [-0.15, -0.1) is 0 Å². The average molecular weight is 759 g/mol. The molecule has 0 spiro atoms. The summed E-state index contributed by atoms with van der Waals surface area (Å²) in [5, 5.41) is 10.1. The highest BCUT2D eigenvalue weighted by Crippen LogP contribution is 2.35. The van der Waals surface area contributed by atoms with E-state index in [1.165, 1.54) is 0 Å². The van der Waals surface area contributed by atoms with Crippen LogP contribution in [0.5, 0.6) is 0 Å². The zero-order valence-electron chi connectivity index (χ0n) is 32.2. The van der Waals surface area contributed by atoms with Gasteiger partial charge >= 0.3 is 19.8 Å². The fraction of sp³-hybridized carbons (Fsp3) is 0.535. The van der Waals surface area contributed by atoms with Crippen LogP contribution in [0.25, 0.3) is 0 Å². The Balaban J connectivity index is 4.20. The summed E-state index contributed by atoms with van der Waals surface area (Å²) >= 11 is 0. The van der Waals surface area contributed by atoms with Gasteiger partial charge in [0.1, 0.15) is 6.61 Å². The number of phosphoric acid groups is 1. The summed E-state index contributed by atoms with van der Waals surface area (Å²) in [5.41, 5.74) is 0. The van der Waals surface area contributed by atoms with E-state index in [9.17, 15) is 19.3 Å². The van der Waals surface area contributed by atoms with Crippen molar-refractivity contribution < 1.29 is 43.0 Å². The summed E-state index contributed by atoms with van der Waals surface area (Å²) in [6.45, 7) is 3.26. The number of hydrogen-bond donors (Lipinski definition) is 3. The number of ether oxygens (including phenoxy) is 2. The third-order valence-corrected chi connectivity index (χ3v) is 7.89. The first kappa shape index (κ1) is 49.7. The predicted octanol–water partition coefficient (Wildman–Crippen LogP) is 10.6. The molecule has 0 saturated heterocycles. The van der Waals surface area contributed by atoms with Gasteiger partial charge in [0.05, 0.1) is 12.7 Å². The van der Waals surface area contributed by atoms with Crippen LogP contribution < -0.4 is 0 Å². The van der Waals surface area contributed by atoms with Gasteiger partial charge in [0.2, 0.25) is 0 Å². The Morgan fingerprint density at radius 1 is 0.585 bits per heavy atom. The zero-order chi connectivity index (χ0) is 39.1. The fourth-order valence-electron chi connectivity index (χ4n) is 4.58. The van der Waals surface area contributed by atoms with Crippen molar-refractivity contribution in [2.24, 2.45) is 0 Å². The van der Waals surface area contributed by atoms with Gasteiger partial charge in [-0.25, -0.2) is 4.57 Å². The molecule has 10 heteroatoms. The van der Waals surface area contributed by atoms with Crippen LogP contribution in [0.15, 0.2) is 109 Å². The van der Waals surface area contributed by atoms with Crippen LogP contribution in [-0.2, 0) is 28.2 Å². The molecule has 0 amide bonds. The Morgan fingerprint density at radius 3 is 1.62 bits per heavy atom. The molecule has 1 unspecified atom stereocenters. The quantitative estimate of drug-likeness (QED) is 0.0196. The topological polar surface area (TPSA) is 140 Å². The summed E-state index contributed by atoms with van der Waals surface area (Å²) < 4.78 is 26.2. The number of phosphoric ester groups is 1. The minimum absolute atomic E-state index is 0.115. The van der Waals surface area contributed by atoms with Crippen molar-refractivity contribution in [2.45, 2.75) is 135 Å². The molecule has 53 heavy (non-hydrogen) atoms. The Labute approximate surface area is 319 Å². The lowest BCUT2D eigenvalue weighted by Crippen LogP contribution is -2.29. The van der Waals surface area contributed by atoms with Gasteiger partial charge in [-0.1, -0.05) is 149 Å². The molecule has 0 radical (unpaired) electrons. The van der Waals surface area contributed by atoms with Gasteiger partial charge in [0, 0.05) is 12.8 Å². The van der Waals surface area contributed by atoms with Gasteiger partial charge in [-0.05, 0) is 70.6 Å². The first-order chi connectivity index (χ1) is 25.7. The standard InChI is InChI=1S/C43H67O9P/c1-3-5-7-9-11-12-13-14-15-16-17-18-19-20-21-22-24-28-32-36-42(45)50-38-41(39-51-53(47,48)49)52-43(46)37-33-29-25-27-31-35-40(44)34-30-26-23-10-8-6-4-2/h5-8,11-12,14-15,17-18,20-21,23-24,26,28,30,34,40-41,44H,3-4,9-10,13,16,19,22,25,27,29,31-33,35-39H2,1-2H3,(H2,47,48,49)/b7-5-,8-6+,12-11-,15-14-,18-17-,21-20-,26-23+,28-24-,34-30+/t40?,41-/m1/s1. The number of carbonyl (C=O) groups is 2. The van der Waals surface area contributed by atoms with E-state index < -0.39 is 38.6 Å². The molecular weight excluding hydrogens is 691 g/mol. The summed E-state index contributed by atoms with van der Waals surface area (Å²) in [6.07, 6.45) is 48.4. The van der Waals surface area contributed by atoms with Crippen LogP contribution in [0.2, 0.25) is 0 Å². The number of allylic oxidation sites excluding steroid dienone is 17. The molecule has 3 N–H and O–H groups in total. The lowest BCUT2D eigenvalue weighted by Gasteiger charge is -2.18. The number of unbranched alkanes of at least 4 members (excludes halogenated alkanes) is 4. The van der Waals surface area contributed by atoms with Gasteiger partial charge < -0.3 is 24.4 Å². The molecule has 0 aromatic heterocycles. The van der Waals surface area contributed by atoms with Crippen LogP contribution >= 0.6 is 7.82 Å². The Morgan fingerprint density at radius 2 is 1.08 bits per heavy atom. The van der Waals surface area contributed by atoms with Crippen LogP contribution in [0.3, 0.4) is 0 Å². The van der Waals surface area contributed by atoms with Gasteiger partial charge in [0.15, 0.2) is 6.10 Å². The number of rotatable bonds is 33. The average Bonchev–Trinajstić information content (AvgIpc) is 3.12. The molecule has 0 aromatic rings. The number of carbonyl (C=O) groups excluding carboxylic acids is 2. The first-order valence-electron chi connectivity index (χ1n) is 19.3. The van der Waals surface area contributed by atoms with E-state index in [-0.39, 0.29) is 19.4 Å². The normalized spacial score (nSPS) is 14.3. The first-order valence-corrected chi connectivity index (χ1v) is 20.8. The Bertz CT molecular complexity index is 1230. The fourth-order valence-corrected chi connectivity index (χ4v) is 4.94. The molecular formula is C43H67O9P. The maximum Gasteiger partial charge on any atom is 0.469 e. The third kappa shape index (κ3) is 39.7. The zero-order valence-corrected chi connectivity index (χ0v) is 33.1. The molecule has 0 aliphatic carbocycles. The van der Waals surface area contributed by atoms with E-state index in [4.69, 9.17) is 19.3 Å². The summed E-state index contributed by atoms with van der Waals surface area (Å²) in [4.78, 5) is 42.7. The minimum atomic E-state index is -4.80. The lowest BCUT2D eigenvalue weighted by molar-refractivity contribution is -0.161. The van der Waals surface area contributed by atoms with Crippen molar-refractivity contribution >= 4 is 19.8 Å². The number of hydrogen-bond acceptors (Lipinski definition) is 7. The third-order valence-electron chi connectivity index (χ3n) is 7.40. The highest BCUT2D eigenvalue weighted by molar-refractivity contribution is 7.46. The molecule has 9 nitrogen and oxygen atoms in total. The van der Waals surface area contributed by atoms with E-state index in [0.29, 0.717) is 19.3 Å². The molecule has 0 aliphatic rings. The number of esters is 2. The minimum Gasteiger partial charge on any atom is -0.462 e. The van der Waals surface area contributed by atoms with Crippen molar-refractivity contribution in [3.63, 3.8) is 0 Å². The highest BCUT2D eigenvalue weighted by atomic mass is 31.2. The maximum absolute atomic E-state index is 12.4. The molecule has 0 aromatic carbocycles. The van der Waals surface area contributed by atoms with Crippen LogP contribution in [0.1, 0.15) is 123 Å². The van der Waals surface area contributed by atoms with Crippen molar-refractivity contribution in [1.82, 2.24) is 0 Å². The number of aliphatic hydroxyl groups is 1. The van der Waals surface area contributed by atoms with E-state index in [2.05, 4.69) is 91.3 Å². The molecule has 0 saturated carbocycles. The summed E-state index contributed by atoms with van der Waals surface area (Å²) in [5.74, 6) is -1.07. The second kappa shape index (κ2) is 37.0. The van der Waals surface area contributed by atoms with Crippen LogP contribution in [0, 0.1) is 0 Å². The second-order valence-corrected chi connectivity index (χ2v) is 13.6. The van der Waals surface area contributed by atoms with E-state index >= 15 is 0 Å². The van der Waals surface area contributed by atoms with E-state index in [1.54, 1.807) is 6.08 Å². The Kier molecular flexibility index (Phi) is 34.7. The molecule has 0 aliphatic heterocycles. The lowest BCUT2D eigenvalue weighted by atomic mass is 10.1. The maximum atomic E-state index is 12.4. The second-order valence-electron chi connectivity index (χ2n) is 12.3. The van der Waals surface area contributed by atoms with Crippen molar-refractivity contribution in [3.8, 4) is 0 Å². The SMILES string of the molecule is CC/C=C\C/C=C\C/C=C\C/C=C\C/C=C\C/C=C\CCC(=O)OC[C@H](COP(=O)(O)O)OC(=O)CCCCCCCC(O)/C=C/C=C/C/C=C/CC. The summed E-state index contributed by atoms with van der Waals surface area (Å²) in [7, 11) is -4.80. The van der Waals surface area contributed by atoms with Gasteiger partial charge in [-0.2, -0.15) is 0 Å². The molecule has 2 atom stereocenters. The van der Waals surface area contributed by atoms with Crippen molar-refractivity contribution in [2.75, 3.05) is 13.2 Å². The molecule has 0 fully saturated rings. The van der Waals surface area contributed by atoms with Crippen molar-refractivity contribution in [1.29, 1.82) is 0 Å². The monoisotopic (exact) mass is 758 g/mol.